The van der Waals surface area contributed by atoms with Crippen molar-refractivity contribution in [1.82, 2.24) is 0 Å². The van der Waals surface area contributed by atoms with Crippen LogP contribution in [0.2, 0.25) is 10.0 Å². The second-order valence-electron chi connectivity index (χ2n) is 3.99. The molecule has 0 aliphatic carbocycles. The first-order chi connectivity index (χ1) is 8.60. The Morgan fingerprint density at radius 2 is 1.83 bits per heavy atom. The van der Waals surface area contributed by atoms with Gasteiger partial charge in [0, 0.05) is 17.1 Å². The first-order valence-electron chi connectivity index (χ1n) is 5.52. The number of rotatable bonds is 3. The molecule has 18 heavy (non-hydrogen) atoms. The Labute approximate surface area is 116 Å². The molecule has 0 saturated heterocycles. The van der Waals surface area contributed by atoms with Gasteiger partial charge in [0.15, 0.2) is 0 Å². The van der Waals surface area contributed by atoms with E-state index in [1.807, 2.05) is 25.1 Å². The molecule has 0 atom stereocenters. The molecule has 0 aliphatic heterocycles. The molecule has 0 aromatic heterocycles. The maximum Gasteiger partial charge on any atom is 0.146 e. The molecule has 2 N–H and O–H groups in total. The lowest BCUT2D eigenvalue weighted by atomic mass is 10.1. The zero-order chi connectivity index (χ0) is 13.1. The summed E-state index contributed by atoms with van der Waals surface area (Å²) < 4.78 is 5.80. The molecule has 2 nitrogen and oxygen atoms in total. The lowest BCUT2D eigenvalue weighted by Crippen LogP contribution is -1.99. The van der Waals surface area contributed by atoms with Gasteiger partial charge in [-0.3, -0.25) is 0 Å². The van der Waals surface area contributed by atoms with Gasteiger partial charge in [-0.25, -0.2) is 0 Å². The van der Waals surface area contributed by atoms with Gasteiger partial charge >= 0.3 is 0 Å². The highest BCUT2D eigenvalue weighted by Crippen LogP contribution is 2.33. The molecule has 0 heterocycles. The van der Waals surface area contributed by atoms with Gasteiger partial charge in [0.05, 0.1) is 5.02 Å². The number of benzene rings is 2. The Bertz CT molecular complexity index is 570. The van der Waals surface area contributed by atoms with Gasteiger partial charge < -0.3 is 10.5 Å². The largest absolute Gasteiger partial charge is 0.455 e. The highest BCUT2D eigenvalue weighted by atomic mass is 35.5. The molecular formula is C14H13Cl2NO. The maximum absolute atomic E-state index is 6.07. The summed E-state index contributed by atoms with van der Waals surface area (Å²) in [4.78, 5) is 0. The topological polar surface area (TPSA) is 35.2 Å². The molecule has 0 aliphatic rings. The summed E-state index contributed by atoms with van der Waals surface area (Å²) in [7, 11) is 0. The summed E-state index contributed by atoms with van der Waals surface area (Å²) in [6.45, 7) is 2.41. The summed E-state index contributed by atoms with van der Waals surface area (Å²) in [5.41, 5.74) is 7.72. The monoisotopic (exact) mass is 281 g/mol. The third kappa shape index (κ3) is 2.96. The molecule has 0 saturated carbocycles. The predicted molar refractivity (Wildman–Crippen MR) is 75.6 cm³/mol. The quantitative estimate of drug-likeness (QED) is 0.896. The molecule has 2 rings (SSSR count). The molecule has 4 heteroatoms. The van der Waals surface area contributed by atoms with Gasteiger partial charge in [-0.15, -0.1) is 0 Å². The normalized spacial score (nSPS) is 10.4. The first-order valence-corrected chi connectivity index (χ1v) is 6.28. The molecule has 2 aromatic carbocycles. The summed E-state index contributed by atoms with van der Waals surface area (Å²) >= 11 is 11.9. The third-order valence-electron chi connectivity index (χ3n) is 2.56. The second-order valence-corrected chi connectivity index (χ2v) is 4.84. The zero-order valence-electron chi connectivity index (χ0n) is 9.91. The van der Waals surface area contributed by atoms with Crippen molar-refractivity contribution in [3.63, 3.8) is 0 Å². The Morgan fingerprint density at radius 1 is 1.06 bits per heavy atom. The Kier molecular flexibility index (Phi) is 4.12. The molecule has 0 fully saturated rings. The van der Waals surface area contributed by atoms with Crippen molar-refractivity contribution in [3.05, 3.63) is 57.6 Å². The SMILES string of the molecule is Cc1ccc(CN)c(Oc2ccc(Cl)cc2Cl)c1. The second kappa shape index (κ2) is 5.61. The Hall–Kier alpha value is -1.22. The van der Waals surface area contributed by atoms with Gasteiger partial charge in [0.1, 0.15) is 11.5 Å². The van der Waals surface area contributed by atoms with Crippen LogP contribution in [0.1, 0.15) is 11.1 Å². The highest BCUT2D eigenvalue weighted by molar-refractivity contribution is 6.35. The van der Waals surface area contributed by atoms with Crippen molar-refractivity contribution in [2.75, 3.05) is 0 Å². The van der Waals surface area contributed by atoms with Crippen LogP contribution >= 0.6 is 23.2 Å². The molecule has 94 valence electrons. The van der Waals surface area contributed by atoms with Crippen LogP contribution in [0.3, 0.4) is 0 Å². The number of ether oxygens (including phenoxy) is 1. The molecule has 2 aromatic rings. The zero-order valence-corrected chi connectivity index (χ0v) is 11.4. The summed E-state index contributed by atoms with van der Waals surface area (Å²) in [5.74, 6) is 1.29. The third-order valence-corrected chi connectivity index (χ3v) is 3.09. The van der Waals surface area contributed by atoms with Crippen LogP contribution in [-0.2, 0) is 6.54 Å². The van der Waals surface area contributed by atoms with E-state index in [9.17, 15) is 0 Å². The van der Waals surface area contributed by atoms with E-state index in [-0.39, 0.29) is 0 Å². The summed E-state index contributed by atoms with van der Waals surface area (Å²) in [6, 6.07) is 11.0. The average molecular weight is 282 g/mol. The van der Waals surface area contributed by atoms with Crippen molar-refractivity contribution < 1.29 is 4.74 Å². The van der Waals surface area contributed by atoms with E-state index < -0.39 is 0 Å². The molecule has 0 bridgehead atoms. The fraction of sp³-hybridized carbons (Fsp3) is 0.143. The molecule has 0 amide bonds. The van der Waals surface area contributed by atoms with Crippen LogP contribution < -0.4 is 10.5 Å². The van der Waals surface area contributed by atoms with E-state index in [0.29, 0.717) is 22.3 Å². The lowest BCUT2D eigenvalue weighted by Gasteiger charge is -2.12. The molecule has 0 spiro atoms. The molecule has 0 radical (unpaired) electrons. The molecular weight excluding hydrogens is 269 g/mol. The predicted octanol–water partition coefficient (Wildman–Crippen LogP) is 4.55. The summed E-state index contributed by atoms with van der Waals surface area (Å²) in [5, 5.41) is 1.06. The lowest BCUT2D eigenvalue weighted by molar-refractivity contribution is 0.476. The van der Waals surface area contributed by atoms with E-state index in [4.69, 9.17) is 33.7 Å². The van der Waals surface area contributed by atoms with Crippen molar-refractivity contribution in [2.24, 2.45) is 5.73 Å². The summed E-state index contributed by atoms with van der Waals surface area (Å²) in [6.07, 6.45) is 0. The van der Waals surface area contributed by atoms with Gasteiger partial charge in [0.25, 0.3) is 0 Å². The Morgan fingerprint density at radius 3 is 2.50 bits per heavy atom. The van der Waals surface area contributed by atoms with Crippen molar-refractivity contribution >= 4 is 23.2 Å². The van der Waals surface area contributed by atoms with E-state index in [2.05, 4.69) is 0 Å². The van der Waals surface area contributed by atoms with Gasteiger partial charge in [0.2, 0.25) is 0 Å². The van der Waals surface area contributed by atoms with Crippen LogP contribution in [0.25, 0.3) is 0 Å². The fourth-order valence-electron chi connectivity index (χ4n) is 1.60. The standard InChI is InChI=1S/C14H13Cl2NO/c1-9-2-3-10(8-17)14(6-9)18-13-5-4-11(15)7-12(13)16/h2-7H,8,17H2,1H3. The van der Waals surface area contributed by atoms with Crippen molar-refractivity contribution in [1.29, 1.82) is 0 Å². The Balaban J connectivity index is 2.36. The van der Waals surface area contributed by atoms with Crippen LogP contribution in [-0.4, -0.2) is 0 Å². The highest BCUT2D eigenvalue weighted by Gasteiger charge is 2.07. The average Bonchev–Trinajstić information content (AvgIpc) is 2.33. The van der Waals surface area contributed by atoms with Crippen LogP contribution in [0.15, 0.2) is 36.4 Å². The minimum atomic E-state index is 0.417. The number of halogens is 2. The number of hydrogen-bond acceptors (Lipinski definition) is 2. The van der Waals surface area contributed by atoms with Gasteiger partial charge in [-0.05, 0) is 36.8 Å². The minimum Gasteiger partial charge on any atom is -0.455 e. The van der Waals surface area contributed by atoms with E-state index in [1.165, 1.54) is 0 Å². The minimum absolute atomic E-state index is 0.417. The fourth-order valence-corrected chi connectivity index (χ4v) is 2.05. The van der Waals surface area contributed by atoms with Crippen LogP contribution in [0, 0.1) is 6.92 Å². The van der Waals surface area contributed by atoms with E-state index in [0.717, 1.165) is 16.9 Å². The number of nitrogens with two attached hydrogens (primary N) is 1. The number of aryl methyl sites for hydroxylation is 1. The van der Waals surface area contributed by atoms with Gasteiger partial charge in [-0.2, -0.15) is 0 Å². The van der Waals surface area contributed by atoms with Crippen molar-refractivity contribution in [3.8, 4) is 11.5 Å². The first kappa shape index (κ1) is 13.2. The maximum atomic E-state index is 6.07. The van der Waals surface area contributed by atoms with E-state index in [1.54, 1.807) is 18.2 Å². The van der Waals surface area contributed by atoms with Crippen molar-refractivity contribution in [2.45, 2.75) is 13.5 Å². The van der Waals surface area contributed by atoms with Crippen LogP contribution in [0.5, 0.6) is 11.5 Å². The molecule has 0 unspecified atom stereocenters. The van der Waals surface area contributed by atoms with E-state index >= 15 is 0 Å². The smallest absolute Gasteiger partial charge is 0.146 e. The number of hydrogen-bond donors (Lipinski definition) is 1. The van der Waals surface area contributed by atoms with Crippen LogP contribution in [0.4, 0.5) is 0 Å². The van der Waals surface area contributed by atoms with Gasteiger partial charge in [-0.1, -0.05) is 35.3 Å².